The number of allylic oxidation sites excluding steroid dienone is 1. The molecule has 2 heterocycles. The number of ketones is 1. The number of hydrogen-bond acceptors (Lipinski definition) is 3. The molecule has 0 aliphatic carbocycles. The Labute approximate surface area is 133 Å². The zero-order chi connectivity index (χ0) is 15.5. The predicted octanol–water partition coefficient (Wildman–Crippen LogP) is 4.49. The SMILES string of the molecule is Cc1ccc2cc(/C=C/C(=O)c3ccccn3)c(Cl)nc2c1. The number of aromatic nitrogens is 2. The van der Waals surface area contributed by atoms with Crippen LogP contribution in [-0.2, 0) is 0 Å². The third kappa shape index (κ3) is 3.05. The van der Waals surface area contributed by atoms with Crippen LogP contribution in [0, 0.1) is 6.92 Å². The molecule has 22 heavy (non-hydrogen) atoms. The number of halogens is 1. The molecule has 0 saturated carbocycles. The van der Waals surface area contributed by atoms with E-state index >= 15 is 0 Å². The molecule has 3 nitrogen and oxygen atoms in total. The number of pyridine rings is 2. The Morgan fingerprint density at radius 3 is 2.82 bits per heavy atom. The highest BCUT2D eigenvalue weighted by Crippen LogP contribution is 2.22. The van der Waals surface area contributed by atoms with Gasteiger partial charge in [-0.25, -0.2) is 4.98 Å². The van der Waals surface area contributed by atoms with E-state index in [4.69, 9.17) is 11.6 Å². The minimum absolute atomic E-state index is 0.166. The first-order chi connectivity index (χ1) is 10.6. The Bertz CT molecular complexity index is 873. The van der Waals surface area contributed by atoms with Crippen molar-refractivity contribution in [3.63, 3.8) is 0 Å². The largest absolute Gasteiger partial charge is 0.288 e. The fourth-order valence-electron chi connectivity index (χ4n) is 2.15. The molecule has 0 bridgehead atoms. The van der Waals surface area contributed by atoms with Gasteiger partial charge >= 0.3 is 0 Å². The normalized spacial score (nSPS) is 11.2. The van der Waals surface area contributed by atoms with Crippen molar-refractivity contribution in [2.45, 2.75) is 6.92 Å². The van der Waals surface area contributed by atoms with E-state index in [1.165, 1.54) is 6.08 Å². The van der Waals surface area contributed by atoms with Crippen molar-refractivity contribution < 1.29 is 4.79 Å². The van der Waals surface area contributed by atoms with Gasteiger partial charge in [0, 0.05) is 17.1 Å². The van der Waals surface area contributed by atoms with Gasteiger partial charge in [0.05, 0.1) is 5.52 Å². The zero-order valence-electron chi connectivity index (χ0n) is 12.0. The molecule has 0 radical (unpaired) electrons. The fourth-order valence-corrected chi connectivity index (χ4v) is 2.35. The van der Waals surface area contributed by atoms with Gasteiger partial charge in [0.25, 0.3) is 0 Å². The van der Waals surface area contributed by atoms with Crippen LogP contribution in [0.15, 0.2) is 54.7 Å². The predicted molar refractivity (Wildman–Crippen MR) is 89.1 cm³/mol. The Morgan fingerprint density at radius 1 is 1.18 bits per heavy atom. The first-order valence-corrected chi connectivity index (χ1v) is 7.21. The van der Waals surface area contributed by atoms with E-state index in [0.29, 0.717) is 16.4 Å². The molecular weight excluding hydrogens is 296 g/mol. The molecule has 3 aromatic rings. The van der Waals surface area contributed by atoms with Gasteiger partial charge in [0.15, 0.2) is 0 Å². The Kier molecular flexibility index (Phi) is 3.98. The van der Waals surface area contributed by atoms with E-state index in [9.17, 15) is 4.79 Å². The molecular formula is C18H13ClN2O. The Morgan fingerprint density at radius 2 is 2.05 bits per heavy atom. The third-order valence-corrected chi connectivity index (χ3v) is 3.59. The monoisotopic (exact) mass is 308 g/mol. The van der Waals surface area contributed by atoms with E-state index in [-0.39, 0.29) is 5.78 Å². The molecule has 0 amide bonds. The van der Waals surface area contributed by atoms with Gasteiger partial charge < -0.3 is 0 Å². The van der Waals surface area contributed by atoms with E-state index in [1.807, 2.05) is 31.2 Å². The van der Waals surface area contributed by atoms with E-state index in [0.717, 1.165) is 16.5 Å². The van der Waals surface area contributed by atoms with E-state index in [2.05, 4.69) is 9.97 Å². The highest BCUT2D eigenvalue weighted by molar-refractivity contribution is 6.31. The van der Waals surface area contributed by atoms with Gasteiger partial charge in [-0.1, -0.05) is 29.8 Å². The number of fused-ring (bicyclic) bond motifs is 1. The molecule has 1 aromatic carbocycles. The van der Waals surface area contributed by atoms with Crippen LogP contribution in [0.2, 0.25) is 5.15 Å². The van der Waals surface area contributed by atoms with Crippen molar-refractivity contribution in [1.82, 2.24) is 9.97 Å². The van der Waals surface area contributed by atoms with Crippen LogP contribution in [-0.4, -0.2) is 15.8 Å². The number of aryl methyl sites for hydroxylation is 1. The topological polar surface area (TPSA) is 42.9 Å². The molecule has 4 heteroatoms. The van der Waals surface area contributed by atoms with Crippen LogP contribution >= 0.6 is 11.6 Å². The summed E-state index contributed by atoms with van der Waals surface area (Å²) in [4.78, 5) is 20.4. The number of benzene rings is 1. The number of carbonyl (C=O) groups is 1. The van der Waals surface area contributed by atoms with Gasteiger partial charge in [0.1, 0.15) is 10.8 Å². The molecule has 0 fully saturated rings. The molecule has 108 valence electrons. The van der Waals surface area contributed by atoms with Crippen molar-refractivity contribution in [3.05, 3.63) is 76.7 Å². The first kappa shape index (κ1) is 14.4. The summed E-state index contributed by atoms with van der Waals surface area (Å²) in [6.07, 6.45) is 4.73. The lowest BCUT2D eigenvalue weighted by Crippen LogP contribution is -1.96. The molecule has 2 aromatic heterocycles. The molecule has 0 N–H and O–H groups in total. The molecule has 0 aliphatic rings. The summed E-state index contributed by atoms with van der Waals surface area (Å²) < 4.78 is 0. The van der Waals surface area contributed by atoms with Gasteiger partial charge in [-0.2, -0.15) is 0 Å². The number of carbonyl (C=O) groups excluding carboxylic acids is 1. The highest BCUT2D eigenvalue weighted by Gasteiger charge is 2.05. The van der Waals surface area contributed by atoms with Crippen LogP contribution in [0.3, 0.4) is 0 Å². The molecule has 0 aliphatic heterocycles. The quantitative estimate of drug-likeness (QED) is 0.407. The molecule has 0 atom stereocenters. The standard InChI is InChI=1S/C18H13ClN2O/c1-12-5-6-13-11-14(18(19)21-16(13)10-12)7-8-17(22)15-4-2-3-9-20-15/h2-11H,1H3/b8-7+. The summed E-state index contributed by atoms with van der Waals surface area (Å²) in [7, 11) is 0. The maximum Gasteiger partial charge on any atom is 0.204 e. The Balaban J connectivity index is 1.93. The smallest absolute Gasteiger partial charge is 0.204 e. The maximum absolute atomic E-state index is 12.0. The number of rotatable bonds is 3. The molecule has 0 unspecified atom stereocenters. The van der Waals surface area contributed by atoms with Crippen LogP contribution < -0.4 is 0 Å². The highest BCUT2D eigenvalue weighted by atomic mass is 35.5. The van der Waals surface area contributed by atoms with Crippen molar-refractivity contribution >= 4 is 34.4 Å². The summed E-state index contributed by atoms with van der Waals surface area (Å²) in [5.74, 6) is -0.166. The summed E-state index contributed by atoms with van der Waals surface area (Å²) in [6, 6.07) is 13.1. The molecule has 3 rings (SSSR count). The fraction of sp³-hybridized carbons (Fsp3) is 0.0556. The number of nitrogens with zero attached hydrogens (tertiary/aromatic N) is 2. The average Bonchev–Trinajstić information content (AvgIpc) is 2.53. The summed E-state index contributed by atoms with van der Waals surface area (Å²) >= 11 is 6.20. The molecule has 0 saturated heterocycles. The van der Waals surface area contributed by atoms with Gasteiger partial charge in [-0.15, -0.1) is 0 Å². The van der Waals surface area contributed by atoms with Crippen LogP contribution in [0.25, 0.3) is 17.0 Å². The van der Waals surface area contributed by atoms with Crippen LogP contribution in [0.5, 0.6) is 0 Å². The lowest BCUT2D eigenvalue weighted by Gasteiger charge is -2.03. The van der Waals surface area contributed by atoms with Gasteiger partial charge in [-0.05, 0) is 48.9 Å². The second kappa shape index (κ2) is 6.08. The van der Waals surface area contributed by atoms with Crippen molar-refractivity contribution in [2.24, 2.45) is 0 Å². The van der Waals surface area contributed by atoms with E-state index in [1.54, 1.807) is 30.5 Å². The van der Waals surface area contributed by atoms with Crippen LogP contribution in [0.4, 0.5) is 0 Å². The summed E-state index contributed by atoms with van der Waals surface area (Å²) in [6.45, 7) is 2.01. The summed E-state index contributed by atoms with van der Waals surface area (Å²) in [5.41, 5.74) is 3.09. The minimum atomic E-state index is -0.166. The van der Waals surface area contributed by atoms with Crippen LogP contribution in [0.1, 0.15) is 21.6 Å². The third-order valence-electron chi connectivity index (χ3n) is 3.29. The van der Waals surface area contributed by atoms with Crippen molar-refractivity contribution in [3.8, 4) is 0 Å². The van der Waals surface area contributed by atoms with Gasteiger partial charge in [-0.3, -0.25) is 9.78 Å². The first-order valence-electron chi connectivity index (χ1n) is 6.84. The minimum Gasteiger partial charge on any atom is -0.288 e. The second-order valence-electron chi connectivity index (χ2n) is 4.98. The van der Waals surface area contributed by atoms with E-state index < -0.39 is 0 Å². The lowest BCUT2D eigenvalue weighted by atomic mass is 10.1. The number of hydrogen-bond donors (Lipinski definition) is 0. The van der Waals surface area contributed by atoms with Gasteiger partial charge in [0.2, 0.25) is 5.78 Å². The molecule has 0 spiro atoms. The second-order valence-corrected chi connectivity index (χ2v) is 5.34. The summed E-state index contributed by atoms with van der Waals surface area (Å²) in [5, 5.41) is 1.36. The maximum atomic E-state index is 12.0. The zero-order valence-corrected chi connectivity index (χ0v) is 12.7. The van der Waals surface area contributed by atoms with Crippen molar-refractivity contribution in [2.75, 3.05) is 0 Å². The van der Waals surface area contributed by atoms with Crippen molar-refractivity contribution in [1.29, 1.82) is 0 Å². The Hall–Kier alpha value is -2.52. The average molecular weight is 309 g/mol. The lowest BCUT2D eigenvalue weighted by molar-refractivity contribution is 0.104.